The standard InChI is InChI=1S/C25H32N6O2S/c1-17-7-11-29(12-8-17)22(32)15-19-5-3-4-6-20(19)24-28-31-21(26-27-25(31)34-24)16-23(33)30-13-9-18(2)10-14-30/h3-6,17-18H,7-16H2,1-2H3. The predicted molar refractivity (Wildman–Crippen MR) is 131 cm³/mol. The van der Waals surface area contributed by atoms with Crippen molar-refractivity contribution in [1.29, 1.82) is 0 Å². The molecule has 0 radical (unpaired) electrons. The van der Waals surface area contributed by atoms with Gasteiger partial charge in [-0.05, 0) is 43.1 Å². The lowest BCUT2D eigenvalue weighted by molar-refractivity contribution is -0.132. The Morgan fingerprint density at radius 2 is 1.47 bits per heavy atom. The van der Waals surface area contributed by atoms with Crippen LogP contribution < -0.4 is 0 Å². The first kappa shape index (κ1) is 23.0. The molecule has 2 fully saturated rings. The van der Waals surface area contributed by atoms with E-state index in [9.17, 15) is 9.59 Å². The number of rotatable bonds is 5. The first-order chi connectivity index (χ1) is 16.5. The molecule has 2 aliphatic rings. The number of carbonyl (C=O) groups is 2. The number of piperidine rings is 2. The van der Waals surface area contributed by atoms with Gasteiger partial charge in [-0.15, -0.1) is 10.2 Å². The Labute approximate surface area is 204 Å². The lowest BCUT2D eigenvalue weighted by atomic mass is 9.98. The van der Waals surface area contributed by atoms with Crippen molar-refractivity contribution >= 4 is 28.1 Å². The van der Waals surface area contributed by atoms with Crippen LogP contribution in [0.15, 0.2) is 24.3 Å². The fraction of sp³-hybridized carbons (Fsp3) is 0.560. The molecule has 0 bridgehead atoms. The summed E-state index contributed by atoms with van der Waals surface area (Å²) < 4.78 is 1.69. The summed E-state index contributed by atoms with van der Waals surface area (Å²) in [5.74, 6) is 2.19. The lowest BCUT2D eigenvalue weighted by Gasteiger charge is -2.30. The number of benzene rings is 1. The van der Waals surface area contributed by atoms with Crippen LogP contribution >= 0.6 is 11.3 Å². The molecular formula is C25H32N6O2S. The van der Waals surface area contributed by atoms with E-state index in [0.29, 0.717) is 29.0 Å². The van der Waals surface area contributed by atoms with Gasteiger partial charge < -0.3 is 9.80 Å². The zero-order valence-electron chi connectivity index (χ0n) is 19.9. The third-order valence-electron chi connectivity index (χ3n) is 7.23. The minimum absolute atomic E-state index is 0.0811. The molecule has 4 heterocycles. The quantitative estimate of drug-likeness (QED) is 0.559. The maximum absolute atomic E-state index is 13.0. The number of carbonyl (C=O) groups excluding carboxylic acids is 2. The number of nitrogens with zero attached hydrogens (tertiary/aromatic N) is 6. The van der Waals surface area contributed by atoms with E-state index in [2.05, 4.69) is 24.0 Å². The molecule has 0 N–H and O–H groups in total. The van der Waals surface area contributed by atoms with Crippen LogP contribution in [-0.4, -0.2) is 67.6 Å². The van der Waals surface area contributed by atoms with Crippen LogP contribution in [0.4, 0.5) is 0 Å². The highest BCUT2D eigenvalue weighted by Crippen LogP contribution is 2.29. The second kappa shape index (κ2) is 9.82. The molecule has 9 heteroatoms. The van der Waals surface area contributed by atoms with Crippen molar-refractivity contribution in [2.24, 2.45) is 11.8 Å². The maximum Gasteiger partial charge on any atom is 0.234 e. The summed E-state index contributed by atoms with van der Waals surface area (Å²) >= 11 is 1.44. The Balaban J connectivity index is 1.33. The summed E-state index contributed by atoms with van der Waals surface area (Å²) in [5.41, 5.74) is 1.91. The van der Waals surface area contributed by atoms with Crippen molar-refractivity contribution in [3.8, 4) is 10.6 Å². The van der Waals surface area contributed by atoms with Crippen LogP contribution in [0.3, 0.4) is 0 Å². The lowest BCUT2D eigenvalue weighted by Crippen LogP contribution is -2.39. The molecule has 2 amide bonds. The molecule has 3 aromatic rings. The second-order valence-electron chi connectivity index (χ2n) is 9.86. The molecule has 34 heavy (non-hydrogen) atoms. The molecule has 1 aromatic carbocycles. The molecule has 2 aliphatic heterocycles. The molecule has 0 aliphatic carbocycles. The summed E-state index contributed by atoms with van der Waals surface area (Å²) in [5, 5.41) is 14.1. The van der Waals surface area contributed by atoms with Crippen LogP contribution in [-0.2, 0) is 22.4 Å². The zero-order chi connectivity index (χ0) is 23.7. The number of likely N-dealkylation sites (tertiary alicyclic amines) is 2. The van der Waals surface area contributed by atoms with E-state index in [1.807, 2.05) is 34.1 Å². The summed E-state index contributed by atoms with van der Waals surface area (Å²) in [6.07, 6.45) is 4.81. The van der Waals surface area contributed by atoms with Gasteiger partial charge in [0.25, 0.3) is 0 Å². The van der Waals surface area contributed by atoms with Crippen LogP contribution in [0.5, 0.6) is 0 Å². The van der Waals surface area contributed by atoms with Gasteiger partial charge in [0.1, 0.15) is 5.01 Å². The Morgan fingerprint density at radius 1 is 0.882 bits per heavy atom. The van der Waals surface area contributed by atoms with E-state index in [1.54, 1.807) is 4.52 Å². The number of aromatic nitrogens is 4. The van der Waals surface area contributed by atoms with Gasteiger partial charge >= 0.3 is 0 Å². The third kappa shape index (κ3) is 4.85. The largest absolute Gasteiger partial charge is 0.342 e. The highest BCUT2D eigenvalue weighted by atomic mass is 32.1. The smallest absolute Gasteiger partial charge is 0.234 e. The van der Waals surface area contributed by atoms with Crippen molar-refractivity contribution in [2.75, 3.05) is 26.2 Å². The minimum atomic E-state index is 0.0811. The Kier molecular flexibility index (Phi) is 6.63. The Morgan fingerprint density at radius 3 is 2.12 bits per heavy atom. The van der Waals surface area contributed by atoms with Crippen LogP contribution in [0.2, 0.25) is 0 Å². The van der Waals surface area contributed by atoms with E-state index in [-0.39, 0.29) is 18.2 Å². The van der Waals surface area contributed by atoms with E-state index < -0.39 is 0 Å². The van der Waals surface area contributed by atoms with E-state index in [4.69, 9.17) is 5.10 Å². The third-order valence-corrected chi connectivity index (χ3v) is 8.16. The molecular weight excluding hydrogens is 448 g/mol. The van der Waals surface area contributed by atoms with Gasteiger partial charge in [0.05, 0.1) is 12.8 Å². The number of fused-ring (bicyclic) bond motifs is 1. The van der Waals surface area contributed by atoms with E-state index in [0.717, 1.165) is 68.0 Å². The number of hydrogen-bond acceptors (Lipinski definition) is 6. The molecule has 2 saturated heterocycles. The maximum atomic E-state index is 13.0. The SMILES string of the molecule is CC1CCN(C(=O)Cc2ccccc2-c2nn3c(CC(=O)N4CCC(C)CC4)nnc3s2)CC1. The normalized spacial score (nSPS) is 18.1. The van der Waals surface area contributed by atoms with E-state index >= 15 is 0 Å². The van der Waals surface area contributed by atoms with Crippen molar-refractivity contribution in [2.45, 2.75) is 52.4 Å². The first-order valence-corrected chi connectivity index (χ1v) is 13.1. The van der Waals surface area contributed by atoms with Crippen molar-refractivity contribution in [1.82, 2.24) is 29.6 Å². The minimum Gasteiger partial charge on any atom is -0.342 e. The fourth-order valence-corrected chi connectivity index (χ4v) is 5.72. The summed E-state index contributed by atoms with van der Waals surface area (Å²) in [7, 11) is 0. The zero-order valence-corrected chi connectivity index (χ0v) is 20.8. The number of amides is 2. The highest BCUT2D eigenvalue weighted by Gasteiger charge is 2.25. The van der Waals surface area contributed by atoms with Gasteiger partial charge in [-0.1, -0.05) is 49.4 Å². The summed E-state index contributed by atoms with van der Waals surface area (Å²) in [4.78, 5) is 30.4. The van der Waals surface area contributed by atoms with Gasteiger partial charge in [0.15, 0.2) is 5.82 Å². The van der Waals surface area contributed by atoms with Gasteiger partial charge in [-0.25, -0.2) is 0 Å². The highest BCUT2D eigenvalue weighted by molar-refractivity contribution is 7.19. The van der Waals surface area contributed by atoms with Crippen molar-refractivity contribution < 1.29 is 9.59 Å². The average molecular weight is 481 g/mol. The first-order valence-electron chi connectivity index (χ1n) is 12.3. The van der Waals surface area contributed by atoms with Crippen LogP contribution in [0.1, 0.15) is 50.9 Å². The average Bonchev–Trinajstić information content (AvgIpc) is 3.42. The molecule has 0 atom stereocenters. The number of hydrogen-bond donors (Lipinski definition) is 0. The Bertz CT molecular complexity index is 1170. The molecule has 2 aromatic heterocycles. The summed E-state index contributed by atoms with van der Waals surface area (Å²) in [6.45, 7) is 7.78. The fourth-order valence-electron chi connectivity index (χ4n) is 4.80. The molecule has 0 saturated carbocycles. The van der Waals surface area contributed by atoms with Gasteiger partial charge in [0.2, 0.25) is 16.8 Å². The van der Waals surface area contributed by atoms with Crippen molar-refractivity contribution in [3.05, 3.63) is 35.7 Å². The van der Waals surface area contributed by atoms with Gasteiger partial charge in [-0.3, -0.25) is 9.59 Å². The van der Waals surface area contributed by atoms with Crippen LogP contribution in [0.25, 0.3) is 15.5 Å². The van der Waals surface area contributed by atoms with E-state index in [1.165, 1.54) is 11.3 Å². The summed E-state index contributed by atoms with van der Waals surface area (Å²) in [6, 6.07) is 7.95. The molecule has 180 valence electrons. The van der Waals surface area contributed by atoms with Gasteiger partial charge in [0, 0.05) is 31.7 Å². The van der Waals surface area contributed by atoms with Crippen molar-refractivity contribution in [3.63, 3.8) is 0 Å². The molecule has 8 nitrogen and oxygen atoms in total. The topological polar surface area (TPSA) is 83.7 Å². The molecule has 5 rings (SSSR count). The molecule has 0 unspecified atom stereocenters. The van der Waals surface area contributed by atoms with Crippen LogP contribution in [0, 0.1) is 11.8 Å². The Hall–Kier alpha value is -2.81. The van der Waals surface area contributed by atoms with Gasteiger partial charge in [-0.2, -0.15) is 9.61 Å². The monoisotopic (exact) mass is 480 g/mol. The molecule has 0 spiro atoms. The predicted octanol–water partition coefficient (Wildman–Crippen LogP) is 3.45. The second-order valence-corrected chi connectivity index (χ2v) is 10.8.